The van der Waals surface area contributed by atoms with E-state index in [2.05, 4.69) is 47.7 Å². The van der Waals surface area contributed by atoms with Crippen molar-refractivity contribution in [2.24, 2.45) is 5.10 Å². The molecule has 0 atom stereocenters. The Morgan fingerprint density at radius 3 is 2.65 bits per heavy atom. The summed E-state index contributed by atoms with van der Waals surface area (Å²) in [6, 6.07) is 9.64. The maximum Gasteiger partial charge on any atom is 0.259 e. The zero-order valence-electron chi connectivity index (χ0n) is 11.8. The lowest BCUT2D eigenvalue weighted by molar-refractivity contribution is -0.119. The molecule has 0 aliphatic heterocycles. The van der Waals surface area contributed by atoms with Gasteiger partial charge in [-0.3, -0.25) is 4.79 Å². The third kappa shape index (κ3) is 5.26. The Balaban J connectivity index is 1.86. The molecule has 0 fully saturated rings. The number of anilines is 1. The summed E-state index contributed by atoms with van der Waals surface area (Å²) in [5.74, 6) is -0.512. The van der Waals surface area contributed by atoms with E-state index in [0.717, 1.165) is 14.6 Å². The Hall–Kier alpha value is -2.06. The van der Waals surface area contributed by atoms with Crippen LogP contribution in [0.2, 0.25) is 0 Å². The van der Waals surface area contributed by atoms with E-state index in [1.165, 1.54) is 24.4 Å². The highest BCUT2D eigenvalue weighted by Gasteiger charge is 2.04. The van der Waals surface area contributed by atoms with Gasteiger partial charge in [0.15, 0.2) is 0 Å². The molecule has 0 saturated carbocycles. The van der Waals surface area contributed by atoms with Crippen LogP contribution in [0.25, 0.3) is 0 Å². The molecule has 2 aromatic carbocycles. The second kappa shape index (κ2) is 7.98. The minimum Gasteiger partial charge on any atom is -0.508 e. The fourth-order valence-corrected chi connectivity index (χ4v) is 2.85. The number of aromatic hydroxyl groups is 2. The van der Waals surface area contributed by atoms with Gasteiger partial charge in [0.2, 0.25) is 0 Å². The molecule has 2 aromatic rings. The summed E-state index contributed by atoms with van der Waals surface area (Å²) in [7, 11) is 0. The van der Waals surface area contributed by atoms with Crippen LogP contribution in [0, 0.1) is 0 Å². The number of hydrazone groups is 1. The Morgan fingerprint density at radius 2 is 1.96 bits per heavy atom. The number of benzene rings is 2. The normalized spacial score (nSPS) is 10.7. The number of hydrogen-bond donors (Lipinski definition) is 4. The first-order chi connectivity index (χ1) is 11.0. The van der Waals surface area contributed by atoms with Gasteiger partial charge in [0.25, 0.3) is 5.91 Å². The first kappa shape index (κ1) is 17.3. The third-order valence-corrected chi connectivity index (χ3v) is 3.93. The molecule has 1 amide bonds. The molecule has 0 aliphatic rings. The highest BCUT2D eigenvalue weighted by molar-refractivity contribution is 9.11. The maximum atomic E-state index is 11.7. The summed E-state index contributed by atoms with van der Waals surface area (Å²) in [6.45, 7) is 0.0408. The lowest BCUT2D eigenvalue weighted by Crippen LogP contribution is -2.26. The molecule has 6 nitrogen and oxygen atoms in total. The van der Waals surface area contributed by atoms with Crippen LogP contribution in [0.4, 0.5) is 5.69 Å². The first-order valence-corrected chi connectivity index (χ1v) is 8.07. The van der Waals surface area contributed by atoms with Crippen molar-refractivity contribution in [3.8, 4) is 11.5 Å². The summed E-state index contributed by atoms with van der Waals surface area (Å²) >= 11 is 6.74. The molecule has 0 heterocycles. The van der Waals surface area contributed by atoms with E-state index < -0.39 is 0 Å². The number of carbonyl (C=O) groups is 1. The molecule has 0 radical (unpaired) electrons. The third-order valence-electron chi connectivity index (χ3n) is 2.78. The summed E-state index contributed by atoms with van der Waals surface area (Å²) in [5.41, 5.74) is 3.51. The van der Waals surface area contributed by atoms with Crippen molar-refractivity contribution in [1.82, 2.24) is 5.43 Å². The topological polar surface area (TPSA) is 94.0 Å². The monoisotopic (exact) mass is 441 g/mol. The van der Waals surface area contributed by atoms with Crippen molar-refractivity contribution in [1.29, 1.82) is 0 Å². The second-order valence-corrected chi connectivity index (χ2v) is 6.28. The van der Waals surface area contributed by atoms with Crippen LogP contribution in [-0.2, 0) is 4.79 Å². The number of halogens is 2. The van der Waals surface area contributed by atoms with E-state index >= 15 is 0 Å². The zero-order valence-corrected chi connectivity index (χ0v) is 14.9. The van der Waals surface area contributed by atoms with Gasteiger partial charge in [-0.15, -0.1) is 0 Å². The van der Waals surface area contributed by atoms with Gasteiger partial charge >= 0.3 is 0 Å². The fraction of sp³-hybridized carbons (Fsp3) is 0.0667. The van der Waals surface area contributed by atoms with Crippen LogP contribution in [0.5, 0.6) is 11.5 Å². The fourth-order valence-electron chi connectivity index (χ4n) is 1.66. The molecule has 23 heavy (non-hydrogen) atoms. The van der Waals surface area contributed by atoms with E-state index in [4.69, 9.17) is 0 Å². The molecule has 0 saturated heterocycles. The highest BCUT2D eigenvalue weighted by Crippen LogP contribution is 2.25. The summed E-state index contributed by atoms with van der Waals surface area (Å²) in [5, 5.41) is 25.5. The average molecular weight is 443 g/mol. The van der Waals surface area contributed by atoms with Crippen molar-refractivity contribution < 1.29 is 15.0 Å². The van der Waals surface area contributed by atoms with Crippen LogP contribution >= 0.6 is 31.9 Å². The van der Waals surface area contributed by atoms with Crippen LogP contribution in [0.3, 0.4) is 0 Å². The minimum atomic E-state index is -0.339. The van der Waals surface area contributed by atoms with Crippen molar-refractivity contribution in [2.75, 3.05) is 11.9 Å². The van der Waals surface area contributed by atoms with Crippen LogP contribution < -0.4 is 10.7 Å². The Morgan fingerprint density at radius 1 is 1.17 bits per heavy atom. The summed E-state index contributed by atoms with van der Waals surface area (Å²) in [6.07, 6.45) is 1.29. The Kier molecular flexibility index (Phi) is 6.00. The molecule has 0 bridgehead atoms. The standard InChI is InChI=1S/C15H13Br2N3O3/c16-10-2-4-13(12(17)5-10)18-8-15(23)20-19-7-9-1-3-11(21)6-14(9)22/h1-7,18,21-22H,8H2,(H,20,23)/b19-7+. The van der Waals surface area contributed by atoms with Gasteiger partial charge in [0.05, 0.1) is 12.8 Å². The molecule has 8 heteroatoms. The number of nitrogens with one attached hydrogen (secondary N) is 2. The van der Waals surface area contributed by atoms with Gasteiger partial charge in [-0.05, 0) is 46.3 Å². The van der Waals surface area contributed by atoms with Gasteiger partial charge in [0.1, 0.15) is 11.5 Å². The maximum absolute atomic E-state index is 11.7. The smallest absolute Gasteiger partial charge is 0.259 e. The minimum absolute atomic E-state index is 0.0408. The highest BCUT2D eigenvalue weighted by atomic mass is 79.9. The number of carbonyl (C=O) groups excluding carboxylic acids is 1. The molecule has 4 N–H and O–H groups in total. The van der Waals surface area contributed by atoms with E-state index in [-0.39, 0.29) is 24.0 Å². The van der Waals surface area contributed by atoms with Crippen molar-refractivity contribution in [2.45, 2.75) is 0 Å². The second-order valence-electron chi connectivity index (χ2n) is 4.51. The van der Waals surface area contributed by atoms with Gasteiger partial charge in [-0.1, -0.05) is 15.9 Å². The van der Waals surface area contributed by atoms with E-state index in [0.29, 0.717) is 5.56 Å². The quantitative estimate of drug-likeness (QED) is 0.422. The van der Waals surface area contributed by atoms with Crippen LogP contribution in [0.1, 0.15) is 5.56 Å². The van der Waals surface area contributed by atoms with E-state index in [9.17, 15) is 15.0 Å². The zero-order chi connectivity index (χ0) is 16.8. The van der Waals surface area contributed by atoms with Crippen LogP contribution in [-0.4, -0.2) is 28.9 Å². The molecule has 120 valence electrons. The largest absolute Gasteiger partial charge is 0.508 e. The van der Waals surface area contributed by atoms with Gasteiger partial charge < -0.3 is 15.5 Å². The predicted molar refractivity (Wildman–Crippen MR) is 95.8 cm³/mol. The first-order valence-electron chi connectivity index (χ1n) is 6.48. The average Bonchev–Trinajstić information content (AvgIpc) is 2.48. The van der Waals surface area contributed by atoms with Gasteiger partial charge in [0, 0.05) is 26.3 Å². The number of phenolic OH excluding ortho intramolecular Hbond substituents is 2. The Bertz CT molecular complexity index is 751. The molecule has 0 spiro atoms. The number of amides is 1. The number of phenols is 2. The predicted octanol–water partition coefficient (Wildman–Crippen LogP) is 3.19. The van der Waals surface area contributed by atoms with Gasteiger partial charge in [-0.2, -0.15) is 5.10 Å². The number of hydrogen-bond acceptors (Lipinski definition) is 5. The van der Waals surface area contributed by atoms with Crippen molar-refractivity contribution in [3.05, 3.63) is 50.9 Å². The summed E-state index contributed by atoms with van der Waals surface area (Å²) < 4.78 is 1.76. The van der Waals surface area contributed by atoms with Crippen molar-refractivity contribution in [3.63, 3.8) is 0 Å². The molecular formula is C15H13Br2N3O3. The number of nitrogens with zero attached hydrogens (tertiary/aromatic N) is 1. The van der Waals surface area contributed by atoms with Crippen molar-refractivity contribution >= 4 is 49.7 Å². The molecule has 0 aromatic heterocycles. The molecule has 2 rings (SSSR count). The molecule has 0 aliphatic carbocycles. The van der Waals surface area contributed by atoms with Gasteiger partial charge in [-0.25, -0.2) is 5.43 Å². The van der Waals surface area contributed by atoms with Crippen LogP contribution in [0.15, 0.2) is 50.4 Å². The lowest BCUT2D eigenvalue weighted by Gasteiger charge is -2.07. The van der Waals surface area contributed by atoms with E-state index in [1.54, 1.807) is 0 Å². The SMILES string of the molecule is O=C(CNc1ccc(Br)cc1Br)N/N=C/c1ccc(O)cc1O. The number of rotatable bonds is 5. The summed E-state index contributed by atoms with van der Waals surface area (Å²) in [4.78, 5) is 11.7. The lowest BCUT2D eigenvalue weighted by atomic mass is 10.2. The Labute approximate surface area is 149 Å². The molecular weight excluding hydrogens is 430 g/mol. The molecule has 0 unspecified atom stereocenters. The van der Waals surface area contributed by atoms with E-state index in [1.807, 2.05) is 18.2 Å².